The van der Waals surface area contributed by atoms with Crippen LogP contribution in [0.1, 0.15) is 73.1 Å². The van der Waals surface area contributed by atoms with E-state index < -0.39 is 0 Å². The van der Waals surface area contributed by atoms with E-state index in [0.717, 1.165) is 51.6 Å². The molecule has 0 N–H and O–H groups in total. The fourth-order valence-corrected chi connectivity index (χ4v) is 4.10. The van der Waals surface area contributed by atoms with Gasteiger partial charge < -0.3 is 9.80 Å². The van der Waals surface area contributed by atoms with Gasteiger partial charge in [-0.1, -0.05) is 5.11 Å². The summed E-state index contributed by atoms with van der Waals surface area (Å²) in [6.07, 6.45) is 6.20. The molecule has 2 unspecified atom stereocenters. The molecule has 2 saturated heterocycles. The fourth-order valence-electron chi connectivity index (χ4n) is 4.10. The lowest BCUT2D eigenvalue weighted by Crippen LogP contribution is -2.43. The molecule has 2 aliphatic heterocycles. The Morgan fingerprint density at radius 1 is 0.926 bits per heavy atom. The number of carbonyl (C=O) groups excluding carboxylic acids is 2. The number of likely N-dealkylation sites (tertiary alicyclic amines) is 2. The second-order valence-electron chi connectivity index (χ2n) is 7.64. The van der Waals surface area contributed by atoms with Crippen LogP contribution in [0.25, 0.3) is 10.4 Å². The van der Waals surface area contributed by atoms with Crippen LogP contribution in [0.3, 0.4) is 0 Å². The van der Waals surface area contributed by atoms with Gasteiger partial charge in [0.2, 0.25) is 0 Å². The summed E-state index contributed by atoms with van der Waals surface area (Å²) in [5.41, 5.74) is 9.97. The van der Waals surface area contributed by atoms with Crippen LogP contribution in [0, 0.1) is 0 Å². The third-order valence-electron chi connectivity index (χ3n) is 5.70. The molecular formula is C20H27N5O2. The van der Waals surface area contributed by atoms with Crippen molar-refractivity contribution in [1.29, 1.82) is 0 Å². The van der Waals surface area contributed by atoms with Crippen LogP contribution in [-0.4, -0.2) is 46.8 Å². The van der Waals surface area contributed by atoms with Crippen molar-refractivity contribution in [3.63, 3.8) is 0 Å². The highest BCUT2D eigenvalue weighted by atomic mass is 16.2. The van der Waals surface area contributed by atoms with Gasteiger partial charge in [0.1, 0.15) is 0 Å². The molecule has 0 aliphatic carbocycles. The molecular weight excluding hydrogens is 342 g/mol. The number of hydrogen-bond donors (Lipinski definition) is 0. The summed E-state index contributed by atoms with van der Waals surface area (Å²) in [7, 11) is 0. The van der Waals surface area contributed by atoms with Crippen LogP contribution >= 0.6 is 0 Å². The molecule has 0 aromatic heterocycles. The first-order chi connectivity index (χ1) is 13.0. The zero-order chi connectivity index (χ0) is 19.4. The molecule has 7 heteroatoms. The summed E-state index contributed by atoms with van der Waals surface area (Å²) < 4.78 is 0. The first-order valence-electron chi connectivity index (χ1n) is 9.83. The molecule has 0 radical (unpaired) electrons. The first kappa shape index (κ1) is 19.2. The highest BCUT2D eigenvalue weighted by Gasteiger charge is 2.28. The largest absolute Gasteiger partial charge is 0.336 e. The molecule has 0 saturated carbocycles. The van der Waals surface area contributed by atoms with Crippen LogP contribution in [0.4, 0.5) is 5.69 Å². The van der Waals surface area contributed by atoms with Crippen LogP contribution in [0.2, 0.25) is 0 Å². The van der Waals surface area contributed by atoms with Gasteiger partial charge in [-0.15, -0.1) is 0 Å². The zero-order valence-electron chi connectivity index (χ0n) is 16.1. The smallest absolute Gasteiger partial charge is 0.254 e. The Morgan fingerprint density at radius 3 is 1.81 bits per heavy atom. The summed E-state index contributed by atoms with van der Waals surface area (Å²) in [5, 5.41) is 3.66. The molecule has 3 rings (SSSR count). The molecule has 2 heterocycles. The second kappa shape index (κ2) is 8.44. The summed E-state index contributed by atoms with van der Waals surface area (Å²) in [6.45, 7) is 5.54. The second-order valence-corrected chi connectivity index (χ2v) is 7.64. The molecule has 0 spiro atoms. The number of piperidine rings is 2. The summed E-state index contributed by atoms with van der Waals surface area (Å²) in [5.74, 6) is -0.198. The summed E-state index contributed by atoms with van der Waals surface area (Å²) in [6, 6.07) is 5.18. The van der Waals surface area contributed by atoms with Crippen molar-refractivity contribution in [3.8, 4) is 0 Å². The predicted molar refractivity (Wildman–Crippen MR) is 104 cm³/mol. The minimum Gasteiger partial charge on any atom is -0.336 e. The van der Waals surface area contributed by atoms with Crippen LogP contribution in [0.15, 0.2) is 23.3 Å². The van der Waals surface area contributed by atoms with Gasteiger partial charge in [-0.25, -0.2) is 0 Å². The normalized spacial score (nSPS) is 22.9. The average Bonchev–Trinajstić information content (AvgIpc) is 2.68. The molecule has 1 aromatic carbocycles. The Bertz CT molecular complexity index is 719. The van der Waals surface area contributed by atoms with Crippen molar-refractivity contribution >= 4 is 17.5 Å². The van der Waals surface area contributed by atoms with Crippen molar-refractivity contribution in [2.24, 2.45) is 5.11 Å². The van der Waals surface area contributed by atoms with Gasteiger partial charge in [-0.3, -0.25) is 9.59 Å². The van der Waals surface area contributed by atoms with E-state index in [2.05, 4.69) is 23.9 Å². The van der Waals surface area contributed by atoms with Gasteiger partial charge in [-0.05, 0) is 76.1 Å². The maximum Gasteiger partial charge on any atom is 0.254 e. The van der Waals surface area contributed by atoms with Gasteiger partial charge in [0.05, 0.1) is 0 Å². The highest BCUT2D eigenvalue weighted by Crippen LogP contribution is 2.26. The SMILES string of the molecule is CC1CCCCN1C(=O)c1cc(N=[N+]=[N-])cc(C(=O)N2CCCCC2C)c1. The third-order valence-corrected chi connectivity index (χ3v) is 5.70. The van der Waals surface area contributed by atoms with Gasteiger partial charge in [0, 0.05) is 46.9 Å². The molecule has 144 valence electrons. The third kappa shape index (κ3) is 4.25. The monoisotopic (exact) mass is 369 g/mol. The molecule has 1 aromatic rings. The Kier molecular flexibility index (Phi) is 6.01. The van der Waals surface area contributed by atoms with E-state index in [-0.39, 0.29) is 23.9 Å². The summed E-state index contributed by atoms with van der Waals surface area (Å²) >= 11 is 0. The van der Waals surface area contributed by atoms with E-state index in [1.165, 1.54) is 0 Å². The lowest BCUT2D eigenvalue weighted by atomic mass is 9.99. The topological polar surface area (TPSA) is 89.4 Å². The Labute approximate surface area is 160 Å². The number of amides is 2. The van der Waals surface area contributed by atoms with Crippen molar-refractivity contribution in [2.45, 2.75) is 64.5 Å². The minimum atomic E-state index is -0.0991. The fraction of sp³-hybridized carbons (Fsp3) is 0.600. The van der Waals surface area contributed by atoms with E-state index in [4.69, 9.17) is 5.53 Å². The molecule has 27 heavy (non-hydrogen) atoms. The molecule has 2 atom stereocenters. The van der Waals surface area contributed by atoms with Crippen molar-refractivity contribution in [3.05, 3.63) is 39.8 Å². The average molecular weight is 369 g/mol. The molecule has 7 nitrogen and oxygen atoms in total. The van der Waals surface area contributed by atoms with Crippen LogP contribution < -0.4 is 0 Å². The van der Waals surface area contributed by atoms with E-state index in [1.54, 1.807) is 18.2 Å². The predicted octanol–water partition coefficient (Wildman–Crippen LogP) is 4.66. The Balaban J connectivity index is 1.93. The number of nitrogens with zero attached hydrogens (tertiary/aromatic N) is 5. The Hall–Kier alpha value is -2.53. The lowest BCUT2D eigenvalue weighted by molar-refractivity contribution is 0.0634. The maximum absolute atomic E-state index is 13.0. The molecule has 2 amide bonds. The quantitative estimate of drug-likeness (QED) is 0.440. The molecule has 2 fully saturated rings. The highest BCUT2D eigenvalue weighted by molar-refractivity contribution is 6.01. The lowest BCUT2D eigenvalue weighted by Gasteiger charge is -2.34. The number of hydrogen-bond acceptors (Lipinski definition) is 3. The molecule has 2 aliphatic rings. The van der Waals surface area contributed by atoms with E-state index >= 15 is 0 Å². The minimum absolute atomic E-state index is 0.0991. The number of benzene rings is 1. The number of carbonyl (C=O) groups is 2. The number of azide groups is 1. The van der Waals surface area contributed by atoms with E-state index in [0.29, 0.717) is 16.8 Å². The van der Waals surface area contributed by atoms with Crippen LogP contribution in [-0.2, 0) is 0 Å². The number of rotatable bonds is 3. The van der Waals surface area contributed by atoms with Crippen molar-refractivity contribution in [1.82, 2.24) is 9.80 Å². The van der Waals surface area contributed by atoms with Gasteiger partial charge >= 0.3 is 0 Å². The first-order valence-corrected chi connectivity index (χ1v) is 9.83. The summed E-state index contributed by atoms with van der Waals surface area (Å²) in [4.78, 5) is 32.6. The molecule has 0 bridgehead atoms. The van der Waals surface area contributed by atoms with Gasteiger partial charge in [-0.2, -0.15) is 0 Å². The maximum atomic E-state index is 13.0. The van der Waals surface area contributed by atoms with E-state index in [1.807, 2.05) is 9.80 Å². The van der Waals surface area contributed by atoms with Crippen molar-refractivity contribution < 1.29 is 9.59 Å². The van der Waals surface area contributed by atoms with Crippen molar-refractivity contribution in [2.75, 3.05) is 13.1 Å². The van der Waals surface area contributed by atoms with Gasteiger partial charge in [0.25, 0.3) is 11.8 Å². The zero-order valence-corrected chi connectivity index (χ0v) is 16.1. The van der Waals surface area contributed by atoms with Crippen LogP contribution in [0.5, 0.6) is 0 Å². The Morgan fingerprint density at radius 2 is 1.41 bits per heavy atom. The van der Waals surface area contributed by atoms with E-state index in [9.17, 15) is 9.59 Å². The standard InChI is InChI=1S/C20H27N5O2/c1-14-7-3-5-9-24(14)19(26)16-11-17(13-18(12-16)22-23-21)20(27)25-10-6-4-8-15(25)2/h11-15H,3-10H2,1-2H3. The van der Waals surface area contributed by atoms with Gasteiger partial charge in [0.15, 0.2) is 0 Å².